The molecule has 4 fully saturated rings. The normalized spacial score (nSPS) is 18.8. The Kier molecular flexibility index (Phi) is 27.2. The molecule has 114 heavy (non-hydrogen) atoms. The summed E-state index contributed by atoms with van der Waals surface area (Å²) in [6.07, 6.45) is -14.1. The van der Waals surface area contributed by atoms with Gasteiger partial charge in [0.2, 0.25) is 17.8 Å². The third-order valence-corrected chi connectivity index (χ3v) is 21.1. The molecular formula is C73H85F10N12O18P. The zero-order valence-electron chi connectivity index (χ0n) is 62.9. The lowest BCUT2D eigenvalue weighted by Crippen LogP contribution is -2.64. The Morgan fingerprint density at radius 1 is 0.746 bits per heavy atom. The summed E-state index contributed by atoms with van der Waals surface area (Å²) >= 11 is 0. The first-order chi connectivity index (χ1) is 53.2. The van der Waals surface area contributed by atoms with Crippen LogP contribution in [0.15, 0.2) is 73.2 Å². The number of nitrogens with one attached hydrogen (secondary N) is 4. The van der Waals surface area contributed by atoms with Crippen molar-refractivity contribution in [1.29, 1.82) is 0 Å². The number of aliphatic carboxylic acids is 2. The summed E-state index contributed by atoms with van der Waals surface area (Å²) in [5, 5.41) is 30.0. The molecule has 0 saturated carbocycles. The first-order valence-corrected chi connectivity index (χ1v) is 37.1. The van der Waals surface area contributed by atoms with Crippen LogP contribution in [-0.4, -0.2) is 217 Å². The number of piperazine rings is 1. The van der Waals surface area contributed by atoms with Gasteiger partial charge in [0.05, 0.1) is 86.9 Å². The number of alkyl halides is 8. The number of aryl methyl sites for hydroxylation is 1. The number of likely N-dealkylation sites (tertiary alicyclic amines) is 1. The number of hydrogen-bond acceptors (Lipinski definition) is 20. The zero-order chi connectivity index (χ0) is 84.1. The Hall–Kier alpha value is -10.2. The number of piperidine rings is 1. The number of methoxy groups -OCH3 is 2. The number of aromatic nitrogens is 4. The minimum absolute atomic E-state index is 0.0590. The standard InChI is InChI=1S/C73H85F10N12O18P/c1-38-22-44(28-56(96)93-20-18-42(63(100)101)27-53(93)64(102)103)58(54(23-38)113-114(106,107)108)69(2,3)29-57(97)112-55(35-92(90-62(99)60(88-68(105)110-9)71(6,7)73(81,82)83)34-48-49(74)25-43(26-50(48)75)51-19-21-94(89-51)65(76)77)52(86-61(98)59(87-67(104)109-8)70(4,5)72(78,79)80)24-40-13-10-39(11-14-40)12-15-41-30-84-66(85-31-41)91-32-45-16-17-46(33-91)95(45)47-36-111-37-47/h10-11,13-14,19,21-23,25-26,30-31,42,45-47,52-53,55,59-60,65H,16-18,20,24,27-29,32-37H2,1-9H3,(H,86,98)(H,87,104)(H,88,105)(H,90,99)(H,100,101)(H,102,103)(H2,106,107,108)/t42?,45?,46?,52-,53?,55-,59+,60+/m0/s1. The van der Waals surface area contributed by atoms with Crippen molar-refractivity contribution in [3.63, 3.8) is 0 Å². The van der Waals surface area contributed by atoms with Gasteiger partial charge in [0.15, 0.2) is 0 Å². The first kappa shape index (κ1) is 87.8. The van der Waals surface area contributed by atoms with E-state index in [0.29, 0.717) is 108 Å². The van der Waals surface area contributed by atoms with Gasteiger partial charge in [-0.15, -0.1) is 0 Å². The number of nitrogens with zero attached hydrogens (tertiary/aromatic N) is 8. The fourth-order valence-corrected chi connectivity index (χ4v) is 14.6. The molecule has 4 saturated heterocycles. The highest BCUT2D eigenvalue weighted by atomic mass is 31.2. The lowest BCUT2D eigenvalue weighted by molar-refractivity contribution is -0.221. The van der Waals surface area contributed by atoms with Gasteiger partial charge in [0.1, 0.15) is 41.6 Å². The van der Waals surface area contributed by atoms with Crippen LogP contribution in [0.3, 0.4) is 0 Å². The smallest absolute Gasteiger partial charge is 0.481 e. The number of hydrazine groups is 1. The number of hydrogen-bond donors (Lipinski definition) is 8. The number of phosphoric acid groups is 1. The summed E-state index contributed by atoms with van der Waals surface area (Å²) in [5.41, 5.74) is -8.34. The van der Waals surface area contributed by atoms with Crippen molar-refractivity contribution in [2.45, 2.75) is 173 Å². The van der Waals surface area contributed by atoms with Crippen LogP contribution < -0.4 is 30.8 Å². The molecule has 41 heteroatoms. The van der Waals surface area contributed by atoms with E-state index in [-0.39, 0.29) is 38.9 Å². The van der Waals surface area contributed by atoms with Gasteiger partial charge in [-0.25, -0.2) is 47.4 Å². The molecule has 2 aromatic heterocycles. The average Bonchev–Trinajstić information content (AvgIpc) is 1.34. The Morgan fingerprint density at radius 2 is 1.32 bits per heavy atom. The number of halogens is 10. The molecule has 0 aliphatic carbocycles. The fourth-order valence-electron chi connectivity index (χ4n) is 14.2. The van der Waals surface area contributed by atoms with Crippen LogP contribution >= 0.6 is 7.82 Å². The summed E-state index contributed by atoms with van der Waals surface area (Å²) in [6, 6.07) is 1.64. The number of alkyl carbamates (subject to hydrolysis) is 2. The molecule has 4 aliphatic rings. The summed E-state index contributed by atoms with van der Waals surface area (Å²) < 4.78 is 192. The van der Waals surface area contributed by atoms with Crippen LogP contribution in [0.1, 0.15) is 119 Å². The minimum Gasteiger partial charge on any atom is -0.481 e. The van der Waals surface area contributed by atoms with E-state index in [1.54, 1.807) is 5.32 Å². The van der Waals surface area contributed by atoms with Crippen molar-refractivity contribution < 1.29 is 130 Å². The van der Waals surface area contributed by atoms with Gasteiger partial charge >= 0.3 is 56.8 Å². The average molecular weight is 1640 g/mol. The number of esters is 1. The van der Waals surface area contributed by atoms with Crippen LogP contribution in [0.5, 0.6) is 5.75 Å². The molecule has 0 spiro atoms. The van der Waals surface area contributed by atoms with Gasteiger partial charge in [-0.1, -0.05) is 43.9 Å². The molecule has 0 radical (unpaired) electrons. The Balaban J connectivity index is 1.17. The summed E-state index contributed by atoms with van der Waals surface area (Å²) in [7, 11) is -4.21. The van der Waals surface area contributed by atoms with E-state index >= 15 is 44.7 Å². The largest absolute Gasteiger partial charge is 0.524 e. The highest BCUT2D eigenvalue weighted by molar-refractivity contribution is 7.46. The molecule has 9 rings (SSSR count). The second kappa shape index (κ2) is 35.3. The highest BCUT2D eigenvalue weighted by Gasteiger charge is 2.58. The molecule has 5 amide bonds. The molecule has 5 aromatic rings. The number of carbonyl (C=O) groups is 8. The number of benzene rings is 3. The van der Waals surface area contributed by atoms with E-state index in [0.717, 1.165) is 43.2 Å². The van der Waals surface area contributed by atoms with E-state index < -0.39 is 206 Å². The maximum atomic E-state index is 16.9. The second-order valence-corrected chi connectivity index (χ2v) is 31.1. The van der Waals surface area contributed by atoms with Gasteiger partial charge in [-0.3, -0.25) is 44.1 Å². The van der Waals surface area contributed by atoms with Gasteiger partial charge in [-0.2, -0.15) is 40.2 Å². The zero-order valence-corrected chi connectivity index (χ0v) is 63.8. The van der Waals surface area contributed by atoms with E-state index in [4.69, 9.17) is 14.0 Å². The van der Waals surface area contributed by atoms with Crippen LogP contribution in [-0.2, 0) is 77.1 Å². The number of fused-ring (bicyclic) bond motifs is 2. The van der Waals surface area contributed by atoms with Gasteiger partial charge in [-0.05, 0) is 120 Å². The van der Waals surface area contributed by atoms with Gasteiger partial charge < -0.3 is 59.4 Å². The number of rotatable bonds is 29. The number of phosphoric ester groups is 1. The van der Waals surface area contributed by atoms with Crippen molar-refractivity contribution >= 4 is 61.6 Å². The number of carbonyl (C=O) groups excluding carboxylic acids is 6. The molecular weight excluding hydrogens is 1550 g/mol. The maximum absolute atomic E-state index is 16.9. The highest BCUT2D eigenvalue weighted by Crippen LogP contribution is 2.47. The molecule has 2 bridgehead atoms. The lowest BCUT2D eigenvalue weighted by atomic mass is 9.77. The summed E-state index contributed by atoms with van der Waals surface area (Å²) in [4.78, 5) is 146. The van der Waals surface area contributed by atoms with E-state index in [9.17, 15) is 62.1 Å². The molecule has 30 nitrogen and oxygen atoms in total. The topological polar surface area (TPSA) is 385 Å². The molecule has 4 unspecified atom stereocenters. The molecule has 620 valence electrons. The number of carboxylic acids is 2. The van der Waals surface area contributed by atoms with Crippen LogP contribution in [0.2, 0.25) is 0 Å². The molecule has 8 N–H and O–H groups in total. The third kappa shape index (κ3) is 21.0. The van der Waals surface area contributed by atoms with Crippen LogP contribution in [0.25, 0.3) is 11.3 Å². The molecule has 6 heterocycles. The number of anilines is 1. The fraction of sp³-hybridized carbons (Fsp3) is 0.521. The van der Waals surface area contributed by atoms with Crippen molar-refractivity contribution in [1.82, 2.24) is 55.9 Å². The lowest BCUT2D eigenvalue weighted by Gasteiger charge is -2.47. The van der Waals surface area contributed by atoms with Crippen molar-refractivity contribution in [2.75, 3.05) is 58.5 Å². The molecule has 8 atom stereocenters. The van der Waals surface area contributed by atoms with E-state index in [1.807, 2.05) is 5.32 Å². The predicted octanol–water partition coefficient (Wildman–Crippen LogP) is 8.03. The monoisotopic (exact) mass is 1640 g/mol. The van der Waals surface area contributed by atoms with Gasteiger partial charge in [0, 0.05) is 84.5 Å². The van der Waals surface area contributed by atoms with Crippen molar-refractivity contribution in [2.24, 2.45) is 16.7 Å². The second-order valence-electron chi connectivity index (χ2n) is 29.9. The van der Waals surface area contributed by atoms with Crippen LogP contribution in [0, 0.1) is 47.1 Å². The quantitative estimate of drug-likeness (QED) is 0.00560. The van der Waals surface area contributed by atoms with Gasteiger partial charge in [0.25, 0.3) is 5.91 Å². The predicted molar refractivity (Wildman–Crippen MR) is 380 cm³/mol. The van der Waals surface area contributed by atoms with Crippen molar-refractivity contribution in [3.8, 4) is 28.8 Å². The molecule has 3 aromatic carbocycles. The number of amides is 5. The van der Waals surface area contributed by atoms with E-state index in [1.165, 1.54) is 63.5 Å². The Bertz CT molecular complexity index is 4480. The van der Waals surface area contributed by atoms with E-state index in [2.05, 4.69) is 56.9 Å². The summed E-state index contributed by atoms with van der Waals surface area (Å²) in [6.45, 7) is 2.04. The maximum Gasteiger partial charge on any atom is 0.524 e. The Morgan fingerprint density at radius 3 is 1.82 bits per heavy atom. The summed E-state index contributed by atoms with van der Waals surface area (Å²) in [5.74, 6) is -7.74. The third-order valence-electron chi connectivity index (χ3n) is 20.6. The Labute approximate surface area is 646 Å². The van der Waals surface area contributed by atoms with Crippen LogP contribution in [0.4, 0.5) is 59.4 Å². The van der Waals surface area contributed by atoms with Crippen molar-refractivity contribution in [3.05, 3.63) is 124 Å². The molecule has 4 aliphatic heterocycles. The first-order valence-electron chi connectivity index (χ1n) is 35.6. The number of carboxylic acid groups (broad SMARTS) is 2. The number of ether oxygens (including phenoxy) is 4. The minimum atomic E-state index is -5.66. The SMILES string of the molecule is COC(=O)N[C@H](C(=O)N[C@@H](Cc1ccc(C#Cc2cnc(N3CC4CCC(C3)N4C3COC3)nc2)cc1)[C@H](CN(Cc1c(F)cc(-c2ccn(C(F)F)n2)cc1F)NC(=O)[C@@H](NC(=O)OC)C(C)(C)C(F)(F)F)OC(=O)CC(C)(C)c1c(CC(=O)N2CCC(C(=O)O)CC2C(=O)O)cc(C)cc1OP(=O)(O)O)C(C)(C)C(F)(F)F.